The molecular formula is C13H20N6. The summed E-state index contributed by atoms with van der Waals surface area (Å²) in [6.45, 7) is 6.98. The number of pyridine rings is 1. The standard InChI is InChI=1S/C13H20N6/c1-4-5-19-11(8-16-18-19)13(17-14)12-10(3)6-9(2)7-15-12/h6-8,13,17H,4-5,14H2,1-3H3. The van der Waals surface area contributed by atoms with Gasteiger partial charge in [-0.1, -0.05) is 18.2 Å². The Morgan fingerprint density at radius 3 is 2.79 bits per heavy atom. The lowest BCUT2D eigenvalue weighted by Gasteiger charge is -2.18. The van der Waals surface area contributed by atoms with E-state index in [0.717, 1.165) is 35.5 Å². The summed E-state index contributed by atoms with van der Waals surface area (Å²) in [6, 6.07) is 1.91. The van der Waals surface area contributed by atoms with Crippen LogP contribution in [0.5, 0.6) is 0 Å². The predicted octanol–water partition coefficient (Wildman–Crippen LogP) is 1.25. The van der Waals surface area contributed by atoms with Gasteiger partial charge in [0.25, 0.3) is 0 Å². The zero-order valence-corrected chi connectivity index (χ0v) is 11.6. The van der Waals surface area contributed by atoms with E-state index >= 15 is 0 Å². The van der Waals surface area contributed by atoms with Crippen molar-refractivity contribution >= 4 is 0 Å². The SMILES string of the molecule is CCCn1nncc1C(NN)c1ncc(C)cc1C. The van der Waals surface area contributed by atoms with Crippen LogP contribution in [-0.4, -0.2) is 20.0 Å². The van der Waals surface area contributed by atoms with E-state index in [-0.39, 0.29) is 6.04 Å². The molecule has 0 bridgehead atoms. The molecule has 3 N–H and O–H groups in total. The summed E-state index contributed by atoms with van der Waals surface area (Å²) in [6.07, 6.45) is 4.58. The number of hydrazine groups is 1. The number of aromatic nitrogens is 4. The quantitative estimate of drug-likeness (QED) is 0.624. The van der Waals surface area contributed by atoms with E-state index < -0.39 is 0 Å². The molecule has 19 heavy (non-hydrogen) atoms. The third-order valence-electron chi connectivity index (χ3n) is 3.07. The summed E-state index contributed by atoms with van der Waals surface area (Å²) in [5, 5.41) is 8.06. The van der Waals surface area contributed by atoms with Gasteiger partial charge in [-0.25, -0.2) is 10.1 Å². The number of nitrogens with two attached hydrogens (primary N) is 1. The van der Waals surface area contributed by atoms with Gasteiger partial charge in [0.15, 0.2) is 0 Å². The molecule has 6 heteroatoms. The van der Waals surface area contributed by atoms with Crippen LogP contribution in [0.15, 0.2) is 18.5 Å². The van der Waals surface area contributed by atoms with Crippen LogP contribution in [0.1, 0.15) is 41.9 Å². The topological polar surface area (TPSA) is 81.7 Å². The molecule has 0 radical (unpaired) electrons. The average molecular weight is 260 g/mol. The Labute approximate surface area is 113 Å². The fourth-order valence-electron chi connectivity index (χ4n) is 2.21. The molecule has 1 atom stereocenters. The minimum atomic E-state index is -0.192. The minimum absolute atomic E-state index is 0.192. The Bertz CT molecular complexity index is 548. The van der Waals surface area contributed by atoms with E-state index in [0.29, 0.717) is 0 Å². The van der Waals surface area contributed by atoms with Gasteiger partial charge in [-0.2, -0.15) is 0 Å². The van der Waals surface area contributed by atoms with E-state index in [1.165, 1.54) is 0 Å². The summed E-state index contributed by atoms with van der Waals surface area (Å²) in [5.74, 6) is 5.71. The summed E-state index contributed by atoms with van der Waals surface area (Å²) in [4.78, 5) is 4.49. The maximum absolute atomic E-state index is 5.71. The molecule has 2 aromatic rings. The van der Waals surface area contributed by atoms with Gasteiger partial charge in [0, 0.05) is 12.7 Å². The predicted molar refractivity (Wildman–Crippen MR) is 73.2 cm³/mol. The zero-order valence-electron chi connectivity index (χ0n) is 11.6. The lowest BCUT2D eigenvalue weighted by atomic mass is 10.0. The maximum Gasteiger partial charge on any atom is 0.107 e. The molecule has 0 saturated heterocycles. The highest BCUT2D eigenvalue weighted by atomic mass is 15.4. The van der Waals surface area contributed by atoms with Gasteiger partial charge in [0.2, 0.25) is 0 Å². The Balaban J connectivity index is 2.41. The minimum Gasteiger partial charge on any atom is -0.270 e. The van der Waals surface area contributed by atoms with Crippen LogP contribution >= 0.6 is 0 Å². The Morgan fingerprint density at radius 2 is 2.16 bits per heavy atom. The van der Waals surface area contributed by atoms with Gasteiger partial charge >= 0.3 is 0 Å². The van der Waals surface area contributed by atoms with Crippen LogP contribution in [0.4, 0.5) is 0 Å². The lowest BCUT2D eigenvalue weighted by molar-refractivity contribution is 0.505. The molecule has 2 rings (SSSR count). The first-order valence-corrected chi connectivity index (χ1v) is 6.45. The van der Waals surface area contributed by atoms with Crippen LogP contribution in [0.3, 0.4) is 0 Å². The van der Waals surface area contributed by atoms with Gasteiger partial charge < -0.3 is 0 Å². The molecule has 102 valence electrons. The molecule has 0 fully saturated rings. The van der Waals surface area contributed by atoms with Crippen molar-refractivity contribution in [2.24, 2.45) is 5.84 Å². The molecule has 6 nitrogen and oxygen atoms in total. The number of aryl methyl sites for hydroxylation is 3. The Kier molecular flexibility index (Phi) is 4.24. The zero-order chi connectivity index (χ0) is 13.8. The molecule has 0 aliphatic heterocycles. The van der Waals surface area contributed by atoms with E-state index in [1.54, 1.807) is 6.20 Å². The number of hydrogen-bond donors (Lipinski definition) is 2. The van der Waals surface area contributed by atoms with Crippen LogP contribution < -0.4 is 11.3 Å². The van der Waals surface area contributed by atoms with Crippen molar-refractivity contribution in [3.63, 3.8) is 0 Å². The van der Waals surface area contributed by atoms with Crippen molar-refractivity contribution in [2.75, 3.05) is 0 Å². The summed E-state index contributed by atoms with van der Waals surface area (Å²) in [7, 11) is 0. The van der Waals surface area contributed by atoms with Crippen LogP contribution in [0, 0.1) is 13.8 Å². The van der Waals surface area contributed by atoms with Gasteiger partial charge in [-0.3, -0.25) is 10.8 Å². The van der Waals surface area contributed by atoms with E-state index in [4.69, 9.17) is 5.84 Å². The highest BCUT2D eigenvalue weighted by Crippen LogP contribution is 2.22. The number of nitrogens with one attached hydrogen (secondary N) is 1. The van der Waals surface area contributed by atoms with Crippen molar-refractivity contribution in [2.45, 2.75) is 39.8 Å². The van der Waals surface area contributed by atoms with Gasteiger partial charge in [-0.15, -0.1) is 5.10 Å². The van der Waals surface area contributed by atoms with Gasteiger partial charge in [0.05, 0.1) is 17.6 Å². The summed E-state index contributed by atoms with van der Waals surface area (Å²) < 4.78 is 1.87. The van der Waals surface area contributed by atoms with Crippen LogP contribution in [0.2, 0.25) is 0 Å². The van der Waals surface area contributed by atoms with Crippen molar-refractivity contribution in [3.8, 4) is 0 Å². The highest BCUT2D eigenvalue weighted by Gasteiger charge is 2.20. The Morgan fingerprint density at radius 1 is 1.37 bits per heavy atom. The molecule has 0 aliphatic carbocycles. The van der Waals surface area contributed by atoms with E-state index in [2.05, 4.69) is 33.7 Å². The normalized spacial score (nSPS) is 12.6. The smallest absolute Gasteiger partial charge is 0.107 e. The first kappa shape index (κ1) is 13.6. The summed E-state index contributed by atoms with van der Waals surface area (Å²) >= 11 is 0. The second kappa shape index (κ2) is 5.90. The molecule has 2 heterocycles. The first-order valence-electron chi connectivity index (χ1n) is 6.45. The molecule has 2 aromatic heterocycles. The second-order valence-corrected chi connectivity index (χ2v) is 4.70. The molecule has 0 aliphatic rings. The largest absolute Gasteiger partial charge is 0.270 e. The third kappa shape index (κ3) is 2.80. The van der Waals surface area contributed by atoms with Gasteiger partial charge in [-0.05, 0) is 31.4 Å². The average Bonchev–Trinajstić information content (AvgIpc) is 2.82. The Hall–Kier alpha value is -1.79. The second-order valence-electron chi connectivity index (χ2n) is 4.70. The maximum atomic E-state index is 5.71. The highest BCUT2D eigenvalue weighted by molar-refractivity contribution is 5.30. The van der Waals surface area contributed by atoms with Crippen molar-refractivity contribution in [1.29, 1.82) is 0 Å². The number of rotatable bonds is 5. The van der Waals surface area contributed by atoms with Gasteiger partial charge in [0.1, 0.15) is 6.04 Å². The molecule has 1 unspecified atom stereocenters. The molecular weight excluding hydrogens is 240 g/mol. The third-order valence-corrected chi connectivity index (χ3v) is 3.07. The molecule has 0 spiro atoms. The first-order chi connectivity index (χ1) is 9.17. The van der Waals surface area contributed by atoms with Crippen molar-refractivity contribution in [3.05, 3.63) is 41.0 Å². The van der Waals surface area contributed by atoms with E-state index in [1.807, 2.05) is 24.7 Å². The monoisotopic (exact) mass is 260 g/mol. The van der Waals surface area contributed by atoms with E-state index in [9.17, 15) is 0 Å². The van der Waals surface area contributed by atoms with Crippen LogP contribution in [-0.2, 0) is 6.54 Å². The fourth-order valence-corrected chi connectivity index (χ4v) is 2.21. The number of hydrogen-bond acceptors (Lipinski definition) is 5. The number of nitrogens with zero attached hydrogens (tertiary/aromatic N) is 4. The fraction of sp³-hybridized carbons (Fsp3) is 0.462. The van der Waals surface area contributed by atoms with Crippen molar-refractivity contribution in [1.82, 2.24) is 25.4 Å². The van der Waals surface area contributed by atoms with Crippen molar-refractivity contribution < 1.29 is 0 Å². The van der Waals surface area contributed by atoms with Crippen LogP contribution in [0.25, 0.3) is 0 Å². The molecule has 0 saturated carbocycles. The molecule has 0 amide bonds. The summed E-state index contributed by atoms with van der Waals surface area (Å²) in [5.41, 5.74) is 6.90. The molecule has 0 aromatic carbocycles. The lowest BCUT2D eigenvalue weighted by Crippen LogP contribution is -2.32.